The first-order valence-corrected chi connectivity index (χ1v) is 14.6. The van der Waals surface area contributed by atoms with Gasteiger partial charge < -0.3 is 5.32 Å². The minimum atomic E-state index is -0.402. The standard InChI is InChI=1S/C32H29BrN4OS/c1-22-14-16-28(17-15-22)37-30(35-36-32(37)39-21-25-11-6-8-23(2)18-25)29(19-24-9-4-3-5-10-24)34-31(38)26-12-7-13-27(33)20-26/h3-18,20,29H,19,21H2,1-2H3,(H,34,38). The molecule has 4 aromatic carbocycles. The van der Waals surface area contributed by atoms with Crippen LogP contribution in [-0.4, -0.2) is 20.7 Å². The highest BCUT2D eigenvalue weighted by Crippen LogP contribution is 2.29. The van der Waals surface area contributed by atoms with Crippen molar-refractivity contribution in [2.45, 2.75) is 37.2 Å². The quantitative estimate of drug-likeness (QED) is 0.177. The Labute approximate surface area is 241 Å². The lowest BCUT2D eigenvalue weighted by atomic mass is 10.0. The molecule has 1 aromatic heterocycles. The van der Waals surface area contributed by atoms with Crippen LogP contribution in [0.1, 0.15) is 44.5 Å². The Balaban J connectivity index is 1.54. The minimum Gasteiger partial charge on any atom is -0.342 e. The van der Waals surface area contributed by atoms with Gasteiger partial charge in [-0.2, -0.15) is 0 Å². The normalized spacial score (nSPS) is 11.8. The molecular formula is C32H29BrN4OS. The molecule has 0 bridgehead atoms. The number of carbonyl (C=O) groups excluding carboxylic acids is 1. The summed E-state index contributed by atoms with van der Waals surface area (Å²) >= 11 is 5.12. The van der Waals surface area contributed by atoms with Crippen LogP contribution in [0.25, 0.3) is 5.69 Å². The Morgan fingerprint density at radius 2 is 1.59 bits per heavy atom. The molecule has 1 unspecified atom stereocenters. The topological polar surface area (TPSA) is 59.8 Å². The number of thioether (sulfide) groups is 1. The molecule has 5 aromatic rings. The fourth-order valence-electron chi connectivity index (χ4n) is 4.41. The average Bonchev–Trinajstić information content (AvgIpc) is 3.36. The first kappa shape index (κ1) is 26.9. The van der Waals surface area contributed by atoms with Crippen LogP contribution < -0.4 is 5.32 Å². The van der Waals surface area contributed by atoms with E-state index in [0.717, 1.165) is 26.6 Å². The van der Waals surface area contributed by atoms with Gasteiger partial charge in [-0.1, -0.05) is 112 Å². The molecule has 1 atom stereocenters. The summed E-state index contributed by atoms with van der Waals surface area (Å²) in [5, 5.41) is 13.3. The lowest BCUT2D eigenvalue weighted by molar-refractivity contribution is 0.0934. The third-order valence-corrected chi connectivity index (χ3v) is 7.88. The minimum absolute atomic E-state index is 0.162. The number of benzene rings is 4. The van der Waals surface area contributed by atoms with Crippen LogP contribution in [0.5, 0.6) is 0 Å². The summed E-state index contributed by atoms with van der Waals surface area (Å²) in [5.74, 6) is 1.29. The summed E-state index contributed by atoms with van der Waals surface area (Å²) in [6, 6.07) is 34.0. The second-order valence-electron chi connectivity index (χ2n) is 9.52. The molecule has 1 heterocycles. The van der Waals surface area contributed by atoms with Crippen LogP contribution in [0.4, 0.5) is 0 Å². The fourth-order valence-corrected chi connectivity index (χ4v) is 5.72. The van der Waals surface area contributed by atoms with E-state index in [9.17, 15) is 4.79 Å². The molecule has 39 heavy (non-hydrogen) atoms. The molecule has 7 heteroatoms. The van der Waals surface area contributed by atoms with E-state index in [4.69, 9.17) is 0 Å². The summed E-state index contributed by atoms with van der Waals surface area (Å²) in [7, 11) is 0. The van der Waals surface area contributed by atoms with Crippen molar-refractivity contribution in [3.05, 3.63) is 141 Å². The summed E-state index contributed by atoms with van der Waals surface area (Å²) in [6.45, 7) is 4.17. The number of aryl methyl sites for hydroxylation is 2. The molecule has 5 rings (SSSR count). The van der Waals surface area contributed by atoms with Crippen molar-refractivity contribution in [3.63, 3.8) is 0 Å². The highest BCUT2D eigenvalue weighted by molar-refractivity contribution is 9.10. The summed E-state index contributed by atoms with van der Waals surface area (Å²) in [4.78, 5) is 13.4. The average molecular weight is 598 g/mol. The van der Waals surface area contributed by atoms with Crippen LogP contribution in [0.3, 0.4) is 0 Å². The smallest absolute Gasteiger partial charge is 0.251 e. The number of halogens is 1. The lowest BCUT2D eigenvalue weighted by Crippen LogP contribution is -2.32. The first-order valence-electron chi connectivity index (χ1n) is 12.8. The highest BCUT2D eigenvalue weighted by Gasteiger charge is 2.25. The SMILES string of the molecule is Cc1ccc(-n2c(SCc3cccc(C)c3)nnc2C(Cc2ccccc2)NC(=O)c2cccc(Br)c2)cc1. The zero-order valence-electron chi connectivity index (χ0n) is 21.8. The van der Waals surface area contributed by atoms with E-state index in [2.05, 4.69) is 111 Å². The molecular weight excluding hydrogens is 568 g/mol. The number of amides is 1. The van der Waals surface area contributed by atoms with Crippen LogP contribution in [0.2, 0.25) is 0 Å². The number of carbonyl (C=O) groups is 1. The molecule has 0 radical (unpaired) electrons. The molecule has 1 N–H and O–H groups in total. The molecule has 0 saturated heterocycles. The van der Waals surface area contributed by atoms with Crippen LogP contribution in [0, 0.1) is 13.8 Å². The highest BCUT2D eigenvalue weighted by atomic mass is 79.9. The zero-order chi connectivity index (χ0) is 27.2. The number of nitrogens with one attached hydrogen (secondary N) is 1. The van der Waals surface area contributed by atoms with E-state index in [1.165, 1.54) is 16.7 Å². The number of rotatable bonds is 9. The maximum atomic E-state index is 13.4. The Kier molecular flexibility index (Phi) is 8.59. The third-order valence-electron chi connectivity index (χ3n) is 6.39. The van der Waals surface area contributed by atoms with Gasteiger partial charge >= 0.3 is 0 Å². The van der Waals surface area contributed by atoms with Gasteiger partial charge in [0.2, 0.25) is 0 Å². The van der Waals surface area contributed by atoms with Crippen molar-refractivity contribution >= 4 is 33.6 Å². The van der Waals surface area contributed by atoms with Gasteiger partial charge in [-0.05, 0) is 61.7 Å². The monoisotopic (exact) mass is 596 g/mol. The van der Waals surface area contributed by atoms with Crippen molar-refractivity contribution in [2.75, 3.05) is 0 Å². The zero-order valence-corrected chi connectivity index (χ0v) is 24.2. The van der Waals surface area contributed by atoms with Crippen LogP contribution >= 0.6 is 27.7 Å². The molecule has 5 nitrogen and oxygen atoms in total. The second kappa shape index (κ2) is 12.5. The Bertz CT molecular complexity index is 1570. The molecule has 0 aliphatic rings. The molecule has 0 saturated carbocycles. The molecule has 0 spiro atoms. The van der Waals surface area contributed by atoms with Crippen molar-refractivity contribution in [2.24, 2.45) is 0 Å². The van der Waals surface area contributed by atoms with E-state index in [-0.39, 0.29) is 5.91 Å². The van der Waals surface area contributed by atoms with Crippen molar-refractivity contribution in [1.82, 2.24) is 20.1 Å². The van der Waals surface area contributed by atoms with E-state index in [0.29, 0.717) is 17.8 Å². The summed E-state index contributed by atoms with van der Waals surface area (Å²) in [6.07, 6.45) is 0.577. The fraction of sp³-hybridized carbons (Fsp3) is 0.156. The summed E-state index contributed by atoms with van der Waals surface area (Å²) < 4.78 is 2.93. The Morgan fingerprint density at radius 3 is 2.33 bits per heavy atom. The van der Waals surface area contributed by atoms with Gasteiger partial charge in [0.05, 0.1) is 6.04 Å². The van der Waals surface area contributed by atoms with Gasteiger partial charge in [-0.25, -0.2) is 0 Å². The van der Waals surface area contributed by atoms with Gasteiger partial charge in [-0.15, -0.1) is 10.2 Å². The Morgan fingerprint density at radius 1 is 0.846 bits per heavy atom. The van der Waals surface area contributed by atoms with Crippen LogP contribution in [0.15, 0.2) is 113 Å². The maximum absolute atomic E-state index is 13.4. The number of hydrogen-bond donors (Lipinski definition) is 1. The molecule has 1 amide bonds. The largest absolute Gasteiger partial charge is 0.342 e. The van der Waals surface area contributed by atoms with Gasteiger partial charge in [-0.3, -0.25) is 9.36 Å². The third kappa shape index (κ3) is 6.85. The lowest BCUT2D eigenvalue weighted by Gasteiger charge is -2.20. The maximum Gasteiger partial charge on any atom is 0.251 e. The predicted molar refractivity (Wildman–Crippen MR) is 161 cm³/mol. The van der Waals surface area contributed by atoms with Crippen molar-refractivity contribution in [3.8, 4) is 5.69 Å². The van der Waals surface area contributed by atoms with E-state index < -0.39 is 6.04 Å². The van der Waals surface area contributed by atoms with Crippen molar-refractivity contribution < 1.29 is 4.79 Å². The number of hydrogen-bond acceptors (Lipinski definition) is 4. The Hall–Kier alpha value is -3.68. The first-order chi connectivity index (χ1) is 19.0. The molecule has 0 aliphatic heterocycles. The van der Waals surface area contributed by atoms with Crippen LogP contribution in [-0.2, 0) is 12.2 Å². The molecule has 0 aliphatic carbocycles. The molecule has 196 valence electrons. The van der Waals surface area contributed by atoms with E-state index >= 15 is 0 Å². The van der Waals surface area contributed by atoms with Gasteiger partial charge in [0, 0.05) is 21.5 Å². The van der Waals surface area contributed by atoms with Gasteiger partial charge in [0.15, 0.2) is 11.0 Å². The van der Waals surface area contributed by atoms with Gasteiger partial charge in [0.1, 0.15) is 0 Å². The number of aromatic nitrogens is 3. The summed E-state index contributed by atoms with van der Waals surface area (Å²) in [5.41, 5.74) is 6.27. The van der Waals surface area contributed by atoms with E-state index in [1.807, 2.05) is 42.5 Å². The van der Waals surface area contributed by atoms with Crippen molar-refractivity contribution in [1.29, 1.82) is 0 Å². The van der Waals surface area contributed by atoms with Gasteiger partial charge in [0.25, 0.3) is 5.91 Å². The molecule has 0 fully saturated rings. The second-order valence-corrected chi connectivity index (χ2v) is 11.4. The number of nitrogens with zero attached hydrogens (tertiary/aromatic N) is 3. The predicted octanol–water partition coefficient (Wildman–Crippen LogP) is 7.65. The van der Waals surface area contributed by atoms with E-state index in [1.54, 1.807) is 11.8 Å².